The number of methoxy groups -OCH3 is 1. The summed E-state index contributed by atoms with van der Waals surface area (Å²) >= 11 is 0. The number of aromatic carboxylic acids is 1. The predicted octanol–water partition coefficient (Wildman–Crippen LogP) is 2.63. The van der Waals surface area contributed by atoms with Crippen molar-refractivity contribution < 1.29 is 14.6 Å². The first-order valence-electron chi connectivity index (χ1n) is 6.50. The van der Waals surface area contributed by atoms with Crippen LogP contribution in [0.1, 0.15) is 21.6 Å². The van der Waals surface area contributed by atoms with Crippen LogP contribution in [0.15, 0.2) is 48.8 Å². The standard InChI is InChI=1S/C16H14N2O3/c1-21-13-5-2-4-11(9-13)8-12-10-18-7-3-6-14(16(19)20)15(18)17-12/h2-7,9-10H,8H2,1H3,(H,19,20). The minimum Gasteiger partial charge on any atom is -0.497 e. The molecular weight excluding hydrogens is 268 g/mol. The molecule has 0 saturated carbocycles. The fraction of sp³-hybridized carbons (Fsp3) is 0.125. The Bertz CT molecular complexity index is 808. The van der Waals surface area contributed by atoms with Crippen LogP contribution in [-0.2, 0) is 6.42 Å². The second-order valence-electron chi connectivity index (χ2n) is 4.72. The van der Waals surface area contributed by atoms with Crippen molar-refractivity contribution in [3.8, 4) is 5.75 Å². The first kappa shape index (κ1) is 13.2. The number of carbonyl (C=O) groups is 1. The number of imidazole rings is 1. The molecule has 1 aromatic carbocycles. The Morgan fingerprint density at radius 2 is 2.19 bits per heavy atom. The fourth-order valence-corrected chi connectivity index (χ4v) is 2.31. The SMILES string of the molecule is COc1cccc(Cc2cn3cccc(C(=O)O)c3n2)c1. The van der Waals surface area contributed by atoms with Gasteiger partial charge in [-0.25, -0.2) is 9.78 Å². The highest BCUT2D eigenvalue weighted by atomic mass is 16.5. The maximum absolute atomic E-state index is 11.2. The number of fused-ring (bicyclic) bond motifs is 1. The van der Waals surface area contributed by atoms with Gasteiger partial charge in [0.05, 0.1) is 12.8 Å². The zero-order valence-corrected chi connectivity index (χ0v) is 11.5. The molecule has 0 amide bonds. The van der Waals surface area contributed by atoms with Crippen molar-refractivity contribution in [2.24, 2.45) is 0 Å². The highest BCUT2D eigenvalue weighted by Gasteiger charge is 2.12. The van der Waals surface area contributed by atoms with Gasteiger partial charge in [-0.05, 0) is 29.8 Å². The van der Waals surface area contributed by atoms with E-state index < -0.39 is 5.97 Å². The third kappa shape index (κ3) is 2.58. The number of benzene rings is 1. The average Bonchev–Trinajstić information content (AvgIpc) is 2.89. The number of rotatable bonds is 4. The largest absolute Gasteiger partial charge is 0.497 e. The van der Waals surface area contributed by atoms with E-state index in [1.54, 1.807) is 29.8 Å². The lowest BCUT2D eigenvalue weighted by molar-refractivity contribution is 0.0698. The molecule has 0 atom stereocenters. The van der Waals surface area contributed by atoms with Crippen LogP contribution in [0.2, 0.25) is 0 Å². The molecule has 106 valence electrons. The maximum Gasteiger partial charge on any atom is 0.339 e. The summed E-state index contributed by atoms with van der Waals surface area (Å²) < 4.78 is 6.93. The minimum absolute atomic E-state index is 0.203. The third-order valence-electron chi connectivity index (χ3n) is 3.28. The molecule has 0 bridgehead atoms. The molecule has 2 aromatic heterocycles. The van der Waals surface area contributed by atoms with E-state index >= 15 is 0 Å². The predicted molar refractivity (Wildman–Crippen MR) is 78.0 cm³/mol. The molecular formula is C16H14N2O3. The number of aromatic nitrogens is 2. The molecule has 0 aliphatic carbocycles. The molecule has 0 unspecified atom stereocenters. The molecule has 5 heteroatoms. The molecule has 0 aliphatic heterocycles. The molecule has 0 saturated heterocycles. The van der Waals surface area contributed by atoms with Crippen molar-refractivity contribution in [2.45, 2.75) is 6.42 Å². The summed E-state index contributed by atoms with van der Waals surface area (Å²) in [4.78, 5) is 15.6. The summed E-state index contributed by atoms with van der Waals surface area (Å²) in [7, 11) is 1.63. The summed E-state index contributed by atoms with van der Waals surface area (Å²) in [5, 5.41) is 9.18. The van der Waals surface area contributed by atoms with Gasteiger partial charge in [0.1, 0.15) is 11.3 Å². The van der Waals surface area contributed by atoms with Crippen LogP contribution in [0.25, 0.3) is 5.65 Å². The molecule has 0 aliphatic rings. The minimum atomic E-state index is -0.973. The average molecular weight is 282 g/mol. The summed E-state index contributed by atoms with van der Waals surface area (Å²) in [6.45, 7) is 0. The monoisotopic (exact) mass is 282 g/mol. The summed E-state index contributed by atoms with van der Waals surface area (Å²) in [5.74, 6) is -0.179. The molecule has 3 rings (SSSR count). The number of pyridine rings is 1. The smallest absolute Gasteiger partial charge is 0.339 e. The Balaban J connectivity index is 1.98. The van der Waals surface area contributed by atoms with E-state index in [9.17, 15) is 9.90 Å². The van der Waals surface area contributed by atoms with E-state index in [1.165, 1.54) is 0 Å². The molecule has 5 nitrogen and oxygen atoms in total. The summed E-state index contributed by atoms with van der Waals surface area (Å²) in [6.07, 6.45) is 4.27. The van der Waals surface area contributed by atoms with Crippen LogP contribution in [-0.4, -0.2) is 27.6 Å². The molecule has 21 heavy (non-hydrogen) atoms. The second kappa shape index (κ2) is 5.28. The van der Waals surface area contributed by atoms with Crippen LogP contribution in [0, 0.1) is 0 Å². The fourth-order valence-electron chi connectivity index (χ4n) is 2.31. The number of ether oxygens (including phenoxy) is 1. The Morgan fingerprint density at radius 3 is 2.95 bits per heavy atom. The van der Waals surface area contributed by atoms with Crippen LogP contribution in [0.3, 0.4) is 0 Å². The van der Waals surface area contributed by atoms with E-state index in [1.807, 2.05) is 30.5 Å². The zero-order valence-electron chi connectivity index (χ0n) is 11.5. The zero-order chi connectivity index (χ0) is 14.8. The summed E-state index contributed by atoms with van der Waals surface area (Å²) in [5.41, 5.74) is 2.55. The second-order valence-corrected chi connectivity index (χ2v) is 4.72. The van der Waals surface area contributed by atoms with Crippen molar-refractivity contribution in [1.29, 1.82) is 0 Å². The van der Waals surface area contributed by atoms with E-state index in [-0.39, 0.29) is 5.56 Å². The topological polar surface area (TPSA) is 63.8 Å². The Kier molecular flexibility index (Phi) is 3.31. The quantitative estimate of drug-likeness (QED) is 0.799. The number of hydrogen-bond acceptors (Lipinski definition) is 3. The van der Waals surface area contributed by atoms with E-state index in [4.69, 9.17) is 4.74 Å². The molecule has 0 fully saturated rings. The van der Waals surface area contributed by atoms with E-state index in [2.05, 4.69) is 4.98 Å². The Labute approximate surface area is 121 Å². The van der Waals surface area contributed by atoms with Crippen molar-refractivity contribution in [1.82, 2.24) is 9.38 Å². The van der Waals surface area contributed by atoms with Gasteiger partial charge in [0.25, 0.3) is 0 Å². The van der Waals surface area contributed by atoms with Crippen molar-refractivity contribution in [3.05, 3.63) is 65.6 Å². The van der Waals surface area contributed by atoms with Crippen LogP contribution >= 0.6 is 0 Å². The van der Waals surface area contributed by atoms with Crippen molar-refractivity contribution in [3.63, 3.8) is 0 Å². The molecule has 1 N–H and O–H groups in total. The number of nitrogens with zero attached hydrogens (tertiary/aromatic N) is 2. The molecule has 3 aromatic rings. The molecule has 0 spiro atoms. The van der Waals surface area contributed by atoms with E-state index in [0.717, 1.165) is 17.0 Å². The number of hydrogen-bond donors (Lipinski definition) is 1. The van der Waals surface area contributed by atoms with Crippen molar-refractivity contribution in [2.75, 3.05) is 7.11 Å². The van der Waals surface area contributed by atoms with Crippen LogP contribution in [0.4, 0.5) is 0 Å². The lowest BCUT2D eigenvalue weighted by Gasteiger charge is -2.02. The van der Waals surface area contributed by atoms with Gasteiger partial charge < -0.3 is 14.2 Å². The van der Waals surface area contributed by atoms with Crippen molar-refractivity contribution >= 4 is 11.6 Å². The van der Waals surface area contributed by atoms with Gasteiger partial charge >= 0.3 is 5.97 Å². The van der Waals surface area contributed by atoms with Crippen LogP contribution in [0.5, 0.6) is 5.75 Å². The Morgan fingerprint density at radius 1 is 1.33 bits per heavy atom. The van der Waals surface area contributed by atoms with Gasteiger partial charge in [-0.15, -0.1) is 0 Å². The van der Waals surface area contributed by atoms with Gasteiger partial charge in [0.15, 0.2) is 5.65 Å². The normalized spacial score (nSPS) is 10.7. The summed E-state index contributed by atoms with van der Waals surface area (Å²) in [6, 6.07) is 11.0. The Hall–Kier alpha value is -2.82. The lowest BCUT2D eigenvalue weighted by atomic mass is 10.1. The van der Waals surface area contributed by atoms with Gasteiger partial charge in [0.2, 0.25) is 0 Å². The first-order chi connectivity index (χ1) is 10.2. The third-order valence-corrected chi connectivity index (χ3v) is 3.28. The first-order valence-corrected chi connectivity index (χ1v) is 6.50. The van der Waals surface area contributed by atoms with E-state index in [0.29, 0.717) is 12.1 Å². The highest BCUT2D eigenvalue weighted by molar-refractivity contribution is 5.94. The lowest BCUT2D eigenvalue weighted by Crippen LogP contribution is -1.99. The molecule has 0 radical (unpaired) electrons. The molecule has 2 heterocycles. The van der Waals surface area contributed by atoms with Gasteiger partial charge in [-0.1, -0.05) is 12.1 Å². The number of carboxylic acid groups (broad SMARTS) is 1. The highest BCUT2D eigenvalue weighted by Crippen LogP contribution is 2.17. The van der Waals surface area contributed by atoms with Gasteiger partial charge in [-0.3, -0.25) is 0 Å². The van der Waals surface area contributed by atoms with Gasteiger partial charge in [0, 0.05) is 18.8 Å². The van der Waals surface area contributed by atoms with Crippen LogP contribution < -0.4 is 4.74 Å². The van der Waals surface area contributed by atoms with Gasteiger partial charge in [-0.2, -0.15) is 0 Å². The number of carboxylic acids is 1. The maximum atomic E-state index is 11.2.